The molecule has 1 unspecified atom stereocenters. The summed E-state index contributed by atoms with van der Waals surface area (Å²) in [7, 11) is 3.20. The monoisotopic (exact) mass is 302 g/mol. The SMILES string of the molecule is COc1ccc(Cc2cc(N3CC(N)C3=O)co2)cc1OC. The molecule has 0 bridgehead atoms. The third-order valence-corrected chi connectivity index (χ3v) is 3.74. The molecule has 0 spiro atoms. The lowest BCUT2D eigenvalue weighted by atomic mass is 10.1. The summed E-state index contributed by atoms with van der Waals surface area (Å²) >= 11 is 0. The van der Waals surface area contributed by atoms with Crippen molar-refractivity contribution in [2.45, 2.75) is 12.5 Å². The van der Waals surface area contributed by atoms with Crippen LogP contribution in [0.2, 0.25) is 0 Å². The Kier molecular flexibility index (Phi) is 3.77. The van der Waals surface area contributed by atoms with Gasteiger partial charge in [0.2, 0.25) is 5.91 Å². The van der Waals surface area contributed by atoms with Crippen molar-refractivity contribution in [1.29, 1.82) is 0 Å². The van der Waals surface area contributed by atoms with Crippen LogP contribution in [0.4, 0.5) is 5.69 Å². The largest absolute Gasteiger partial charge is 0.493 e. The average Bonchev–Trinajstić information content (AvgIpc) is 2.99. The molecule has 1 atom stereocenters. The minimum Gasteiger partial charge on any atom is -0.493 e. The summed E-state index contributed by atoms with van der Waals surface area (Å²) in [6, 6.07) is 7.19. The normalized spacial score (nSPS) is 17.3. The first-order valence-electron chi connectivity index (χ1n) is 6.97. The number of methoxy groups -OCH3 is 2. The number of β-lactam (4-membered cyclic amide) rings is 1. The van der Waals surface area contributed by atoms with Crippen LogP contribution in [0.25, 0.3) is 0 Å². The van der Waals surface area contributed by atoms with Gasteiger partial charge in [0.15, 0.2) is 11.5 Å². The van der Waals surface area contributed by atoms with Crippen LogP contribution in [-0.4, -0.2) is 32.7 Å². The molecule has 3 rings (SSSR count). The van der Waals surface area contributed by atoms with E-state index in [0.717, 1.165) is 17.0 Å². The fourth-order valence-electron chi connectivity index (χ4n) is 2.48. The number of carbonyl (C=O) groups excluding carboxylic acids is 1. The fraction of sp³-hybridized carbons (Fsp3) is 0.312. The van der Waals surface area contributed by atoms with Gasteiger partial charge in [-0.05, 0) is 17.7 Å². The van der Waals surface area contributed by atoms with Crippen LogP contribution in [0.5, 0.6) is 11.5 Å². The second kappa shape index (κ2) is 5.73. The van der Waals surface area contributed by atoms with Crippen LogP contribution in [0, 0.1) is 0 Å². The Bertz CT molecular complexity index is 695. The number of furan rings is 1. The second-order valence-electron chi connectivity index (χ2n) is 5.19. The van der Waals surface area contributed by atoms with Crippen LogP contribution in [0.15, 0.2) is 34.9 Å². The van der Waals surface area contributed by atoms with Gasteiger partial charge in [-0.15, -0.1) is 0 Å². The summed E-state index contributed by atoms with van der Waals surface area (Å²) in [4.78, 5) is 13.2. The van der Waals surface area contributed by atoms with Crippen molar-refractivity contribution >= 4 is 11.6 Å². The number of amides is 1. The summed E-state index contributed by atoms with van der Waals surface area (Å²) in [5.41, 5.74) is 7.38. The van der Waals surface area contributed by atoms with Crippen LogP contribution in [0.3, 0.4) is 0 Å². The summed E-state index contributed by atoms with van der Waals surface area (Å²) in [5.74, 6) is 2.07. The molecule has 1 aromatic heterocycles. The Morgan fingerprint density at radius 3 is 2.68 bits per heavy atom. The molecular weight excluding hydrogens is 284 g/mol. The number of hydrogen-bond acceptors (Lipinski definition) is 5. The molecular formula is C16H18N2O4. The number of ether oxygens (including phenoxy) is 2. The Balaban J connectivity index is 1.74. The molecule has 2 heterocycles. The molecule has 0 radical (unpaired) electrons. The topological polar surface area (TPSA) is 77.9 Å². The van der Waals surface area contributed by atoms with Gasteiger partial charge in [0.05, 0.1) is 26.5 Å². The maximum Gasteiger partial charge on any atom is 0.245 e. The maximum atomic E-state index is 11.6. The summed E-state index contributed by atoms with van der Waals surface area (Å²) in [6.07, 6.45) is 2.19. The molecule has 1 aromatic carbocycles. The lowest BCUT2D eigenvalue weighted by molar-refractivity contribution is -0.123. The van der Waals surface area contributed by atoms with E-state index in [1.807, 2.05) is 24.3 Å². The highest BCUT2D eigenvalue weighted by Crippen LogP contribution is 2.30. The smallest absolute Gasteiger partial charge is 0.245 e. The first-order valence-corrected chi connectivity index (χ1v) is 6.97. The Morgan fingerprint density at radius 2 is 2.05 bits per heavy atom. The highest BCUT2D eigenvalue weighted by Gasteiger charge is 2.35. The van der Waals surface area contributed by atoms with Crippen molar-refractivity contribution < 1.29 is 18.7 Å². The van der Waals surface area contributed by atoms with Gasteiger partial charge >= 0.3 is 0 Å². The molecule has 6 nitrogen and oxygen atoms in total. The average molecular weight is 302 g/mol. The van der Waals surface area contributed by atoms with Gasteiger partial charge in [0.1, 0.15) is 18.1 Å². The Morgan fingerprint density at radius 1 is 1.27 bits per heavy atom. The summed E-state index contributed by atoms with van der Waals surface area (Å²) in [6.45, 7) is 0.536. The van der Waals surface area contributed by atoms with Crippen LogP contribution in [-0.2, 0) is 11.2 Å². The molecule has 2 aromatic rings. The van der Waals surface area contributed by atoms with Gasteiger partial charge < -0.3 is 24.5 Å². The lowest BCUT2D eigenvalue weighted by Gasteiger charge is -2.34. The summed E-state index contributed by atoms with van der Waals surface area (Å²) < 4.78 is 16.0. The van der Waals surface area contributed by atoms with Crippen LogP contribution in [0.1, 0.15) is 11.3 Å². The van der Waals surface area contributed by atoms with Crippen molar-refractivity contribution in [1.82, 2.24) is 0 Å². The standard InChI is InChI=1S/C16H18N2O4/c1-20-14-4-3-10(6-15(14)21-2)5-12-7-11(9-22-12)18-8-13(17)16(18)19/h3-4,6-7,9,13H,5,8,17H2,1-2H3. The third kappa shape index (κ3) is 2.53. The Hall–Kier alpha value is -2.47. The van der Waals surface area contributed by atoms with Crippen LogP contribution < -0.4 is 20.1 Å². The van der Waals surface area contributed by atoms with E-state index in [9.17, 15) is 4.79 Å². The minimum atomic E-state index is -0.385. The van der Waals surface area contributed by atoms with Gasteiger partial charge in [0.25, 0.3) is 0 Å². The van der Waals surface area contributed by atoms with E-state index < -0.39 is 0 Å². The number of nitrogens with zero attached hydrogens (tertiary/aromatic N) is 1. The van der Waals surface area contributed by atoms with E-state index in [1.165, 1.54) is 0 Å². The number of carbonyl (C=O) groups is 1. The molecule has 2 N–H and O–H groups in total. The molecule has 6 heteroatoms. The van der Waals surface area contributed by atoms with Gasteiger partial charge in [-0.3, -0.25) is 4.79 Å². The molecule has 1 aliphatic rings. The molecule has 1 amide bonds. The first kappa shape index (κ1) is 14.5. The molecule has 22 heavy (non-hydrogen) atoms. The molecule has 0 aliphatic carbocycles. The van der Waals surface area contributed by atoms with Gasteiger partial charge in [-0.2, -0.15) is 0 Å². The van der Waals surface area contributed by atoms with E-state index in [1.54, 1.807) is 25.4 Å². The van der Waals surface area contributed by atoms with Crippen molar-refractivity contribution in [3.8, 4) is 11.5 Å². The predicted octanol–water partition coefficient (Wildman–Crippen LogP) is 1.56. The second-order valence-corrected chi connectivity index (χ2v) is 5.19. The molecule has 0 saturated carbocycles. The highest BCUT2D eigenvalue weighted by atomic mass is 16.5. The number of anilines is 1. The van der Waals surface area contributed by atoms with Crippen molar-refractivity contribution in [3.05, 3.63) is 41.9 Å². The predicted molar refractivity (Wildman–Crippen MR) is 81.4 cm³/mol. The van der Waals surface area contributed by atoms with Gasteiger partial charge in [-0.1, -0.05) is 6.07 Å². The van der Waals surface area contributed by atoms with E-state index in [0.29, 0.717) is 24.5 Å². The number of benzene rings is 1. The third-order valence-electron chi connectivity index (χ3n) is 3.74. The van der Waals surface area contributed by atoms with E-state index >= 15 is 0 Å². The molecule has 1 saturated heterocycles. The zero-order valence-corrected chi connectivity index (χ0v) is 12.5. The maximum absolute atomic E-state index is 11.6. The van der Waals surface area contributed by atoms with E-state index in [2.05, 4.69) is 0 Å². The molecule has 1 aliphatic heterocycles. The zero-order valence-electron chi connectivity index (χ0n) is 12.5. The number of nitrogens with two attached hydrogens (primary N) is 1. The van der Waals surface area contributed by atoms with E-state index in [4.69, 9.17) is 19.6 Å². The number of rotatable bonds is 5. The zero-order chi connectivity index (χ0) is 15.7. The van der Waals surface area contributed by atoms with Gasteiger partial charge in [-0.25, -0.2) is 0 Å². The lowest BCUT2D eigenvalue weighted by Crippen LogP contribution is -2.61. The van der Waals surface area contributed by atoms with Crippen molar-refractivity contribution in [3.63, 3.8) is 0 Å². The van der Waals surface area contributed by atoms with Crippen molar-refractivity contribution in [2.24, 2.45) is 5.73 Å². The molecule has 116 valence electrons. The highest BCUT2D eigenvalue weighted by molar-refractivity contribution is 6.03. The quantitative estimate of drug-likeness (QED) is 0.848. The van der Waals surface area contributed by atoms with Crippen LogP contribution >= 0.6 is 0 Å². The number of hydrogen-bond donors (Lipinski definition) is 1. The fourth-order valence-corrected chi connectivity index (χ4v) is 2.48. The summed E-state index contributed by atoms with van der Waals surface area (Å²) in [5, 5.41) is 0. The Labute approximate surface area is 128 Å². The van der Waals surface area contributed by atoms with E-state index in [-0.39, 0.29) is 11.9 Å². The van der Waals surface area contributed by atoms with Gasteiger partial charge in [0, 0.05) is 12.5 Å². The molecule has 1 fully saturated rings. The van der Waals surface area contributed by atoms with Crippen molar-refractivity contribution in [2.75, 3.05) is 25.7 Å². The first-order chi connectivity index (χ1) is 10.6. The minimum absolute atomic E-state index is 0.0709.